The molecule has 24 heavy (non-hydrogen) atoms. The van der Waals surface area contributed by atoms with Gasteiger partial charge in [0.2, 0.25) is 0 Å². The summed E-state index contributed by atoms with van der Waals surface area (Å²) in [5, 5.41) is 20.0. The highest BCUT2D eigenvalue weighted by atomic mass is 32.1. The molecule has 0 aromatic heterocycles. The van der Waals surface area contributed by atoms with E-state index in [1.165, 1.54) is 0 Å². The number of phosphoric acid groups is 1. The Balaban J connectivity index is 2.89. The standard InChI is InChI=1S/C8H15O13P3/c9-7(10)5-8(6-1-2-6,19-23(14,15)16)3-4-18-24(17,21-20-11)22(12)13/h6,11H,1-5H2,(H,9,10)(H2,14,15,16). The SMILES string of the molecule is O=C(O)CC(CCOP(=O)(OOO)[P+](=O)[O-])(OP(=O)(O)O)C1CC1. The molecule has 3 atom stereocenters. The van der Waals surface area contributed by atoms with Crippen LogP contribution in [0.2, 0.25) is 0 Å². The zero-order valence-corrected chi connectivity index (χ0v) is 14.6. The number of carbonyl (C=O) groups is 1. The Morgan fingerprint density at radius 1 is 1.33 bits per heavy atom. The Morgan fingerprint density at radius 2 is 1.92 bits per heavy atom. The largest absolute Gasteiger partial charge is 0.596 e. The molecule has 0 amide bonds. The molecule has 16 heteroatoms. The maximum absolute atomic E-state index is 11.7. The number of hydrogen-bond donors (Lipinski definition) is 4. The molecule has 4 N–H and O–H groups in total. The molecule has 3 unspecified atom stereocenters. The lowest BCUT2D eigenvalue weighted by Gasteiger charge is -2.32. The second-order valence-electron chi connectivity index (χ2n) is 4.93. The third kappa shape index (κ3) is 6.55. The van der Waals surface area contributed by atoms with Crippen LogP contribution in [0.5, 0.6) is 0 Å². The molecule has 1 aliphatic carbocycles. The molecule has 0 aromatic carbocycles. The minimum atomic E-state index is -5.07. The second kappa shape index (κ2) is 8.39. The highest BCUT2D eigenvalue weighted by molar-refractivity contribution is 8.20. The molecule has 1 rings (SSSR count). The normalized spacial score (nSPS) is 20.9. The van der Waals surface area contributed by atoms with Crippen molar-refractivity contribution in [2.45, 2.75) is 31.3 Å². The van der Waals surface area contributed by atoms with Crippen LogP contribution in [0.1, 0.15) is 25.7 Å². The molecule has 140 valence electrons. The molecule has 0 heterocycles. The topological polar surface area (TPSA) is 209 Å². The van der Waals surface area contributed by atoms with E-state index < -0.39 is 59.8 Å². The van der Waals surface area contributed by atoms with Crippen molar-refractivity contribution >= 4 is 28.8 Å². The fraction of sp³-hybridized carbons (Fsp3) is 0.875. The summed E-state index contributed by atoms with van der Waals surface area (Å²) in [6.45, 7) is -0.756. The lowest BCUT2D eigenvalue weighted by atomic mass is 9.90. The summed E-state index contributed by atoms with van der Waals surface area (Å²) in [4.78, 5) is 39.8. The highest BCUT2D eigenvalue weighted by Crippen LogP contribution is 2.66. The summed E-state index contributed by atoms with van der Waals surface area (Å²) < 4.78 is 46.4. The van der Waals surface area contributed by atoms with Crippen LogP contribution in [0.3, 0.4) is 0 Å². The van der Waals surface area contributed by atoms with Crippen molar-refractivity contribution in [3.63, 3.8) is 0 Å². The summed E-state index contributed by atoms with van der Waals surface area (Å²) >= 11 is 0. The Kier molecular flexibility index (Phi) is 7.61. The maximum Gasteiger partial charge on any atom is 0.596 e. The van der Waals surface area contributed by atoms with Crippen molar-refractivity contribution < 1.29 is 62.3 Å². The van der Waals surface area contributed by atoms with Gasteiger partial charge in [-0.05, 0) is 18.8 Å². The third-order valence-corrected chi connectivity index (χ3v) is 6.69. The van der Waals surface area contributed by atoms with Gasteiger partial charge in [-0.1, -0.05) is 14.3 Å². The first-order valence-corrected chi connectivity index (χ1v) is 11.3. The van der Waals surface area contributed by atoms with Crippen molar-refractivity contribution in [3.05, 3.63) is 0 Å². The number of phosphoric ester groups is 1. The van der Waals surface area contributed by atoms with E-state index in [1.807, 2.05) is 0 Å². The van der Waals surface area contributed by atoms with Crippen LogP contribution in [0, 0.1) is 5.92 Å². The first kappa shape index (κ1) is 21.8. The average molecular weight is 412 g/mol. The van der Waals surface area contributed by atoms with E-state index in [-0.39, 0.29) is 0 Å². The summed E-state index contributed by atoms with van der Waals surface area (Å²) in [6.07, 6.45) is -0.442. The monoisotopic (exact) mass is 412 g/mol. The fourth-order valence-corrected chi connectivity index (χ4v) is 4.32. The first-order chi connectivity index (χ1) is 10.9. The van der Waals surface area contributed by atoms with Crippen LogP contribution in [0.15, 0.2) is 0 Å². The van der Waals surface area contributed by atoms with Crippen molar-refractivity contribution in [2.24, 2.45) is 5.92 Å². The smallest absolute Gasteiger partial charge is 0.587 e. The van der Waals surface area contributed by atoms with Crippen molar-refractivity contribution in [1.29, 1.82) is 0 Å². The third-order valence-electron chi connectivity index (χ3n) is 3.18. The molecule has 1 aliphatic rings. The van der Waals surface area contributed by atoms with Gasteiger partial charge in [-0.3, -0.25) is 13.8 Å². The molecule has 0 bridgehead atoms. The summed E-state index contributed by atoms with van der Waals surface area (Å²) in [7, 11) is -13.8. The molecule has 0 radical (unpaired) electrons. The van der Waals surface area contributed by atoms with Gasteiger partial charge in [0.15, 0.2) is 0 Å². The average Bonchev–Trinajstić information content (AvgIpc) is 3.20. The van der Waals surface area contributed by atoms with Crippen molar-refractivity contribution in [3.8, 4) is 0 Å². The fourth-order valence-electron chi connectivity index (χ4n) is 2.16. The Labute approximate surface area is 135 Å². The Morgan fingerprint density at radius 3 is 2.29 bits per heavy atom. The van der Waals surface area contributed by atoms with Gasteiger partial charge in [0.25, 0.3) is 0 Å². The quantitative estimate of drug-likeness (QED) is 0.198. The van der Waals surface area contributed by atoms with E-state index in [9.17, 15) is 23.4 Å². The van der Waals surface area contributed by atoms with E-state index in [2.05, 4.69) is 18.8 Å². The molecule has 0 saturated heterocycles. The maximum atomic E-state index is 11.7. The van der Waals surface area contributed by atoms with Crippen LogP contribution in [0.25, 0.3) is 0 Å². The number of aliphatic carboxylic acids is 1. The van der Waals surface area contributed by atoms with E-state index in [0.29, 0.717) is 12.8 Å². The Bertz CT molecular complexity index is 568. The van der Waals surface area contributed by atoms with Crippen LogP contribution < -0.4 is 4.89 Å². The van der Waals surface area contributed by atoms with Gasteiger partial charge < -0.3 is 19.8 Å². The minimum Gasteiger partial charge on any atom is -0.587 e. The molecule has 13 nitrogen and oxygen atoms in total. The predicted octanol–water partition coefficient (Wildman–Crippen LogP) is 0.758. The Hall–Kier alpha value is -0.290. The number of carboxylic acid groups (broad SMARTS) is 1. The van der Waals surface area contributed by atoms with E-state index in [4.69, 9.17) is 20.2 Å². The van der Waals surface area contributed by atoms with E-state index >= 15 is 0 Å². The molecule has 0 aromatic rings. The van der Waals surface area contributed by atoms with Crippen molar-refractivity contribution in [1.82, 2.24) is 0 Å². The molecular formula is C8H15O13P3. The molecule has 0 spiro atoms. The van der Waals surface area contributed by atoms with Crippen LogP contribution in [0.4, 0.5) is 0 Å². The van der Waals surface area contributed by atoms with Gasteiger partial charge in [-0.2, -0.15) is 0 Å². The molecule has 0 aliphatic heterocycles. The number of carboxylic acids is 1. The van der Waals surface area contributed by atoms with Crippen molar-refractivity contribution in [2.75, 3.05) is 6.61 Å². The van der Waals surface area contributed by atoms with Gasteiger partial charge in [-0.15, -0.1) is 0 Å². The summed E-state index contributed by atoms with van der Waals surface area (Å²) in [6, 6.07) is 0. The van der Waals surface area contributed by atoms with Crippen LogP contribution in [-0.4, -0.2) is 38.3 Å². The highest BCUT2D eigenvalue weighted by Gasteiger charge is 2.52. The van der Waals surface area contributed by atoms with Gasteiger partial charge in [0.05, 0.1) is 18.6 Å². The predicted molar refractivity (Wildman–Crippen MR) is 71.4 cm³/mol. The summed E-state index contributed by atoms with van der Waals surface area (Å²) in [5.41, 5.74) is -1.84. The van der Waals surface area contributed by atoms with Gasteiger partial charge >= 0.3 is 28.8 Å². The minimum absolute atomic E-state index is 0.428. The molecule has 1 fully saturated rings. The van der Waals surface area contributed by atoms with Gasteiger partial charge in [0, 0.05) is 6.42 Å². The second-order valence-corrected chi connectivity index (χ2v) is 10.4. The molecular weight excluding hydrogens is 397 g/mol. The lowest BCUT2D eigenvalue weighted by molar-refractivity contribution is -0.442. The van der Waals surface area contributed by atoms with Gasteiger partial charge in [0.1, 0.15) is 0 Å². The number of hydrogen-bond acceptors (Lipinski definition) is 10. The molecule has 1 saturated carbocycles. The van der Waals surface area contributed by atoms with E-state index in [0.717, 1.165) is 0 Å². The van der Waals surface area contributed by atoms with E-state index in [1.54, 1.807) is 0 Å². The van der Waals surface area contributed by atoms with Crippen LogP contribution in [-0.2, 0) is 37.2 Å². The lowest BCUT2D eigenvalue weighted by Crippen LogP contribution is -2.38. The number of rotatable bonds is 12. The summed E-state index contributed by atoms with van der Waals surface area (Å²) in [5.74, 6) is -1.93. The van der Waals surface area contributed by atoms with Crippen LogP contribution >= 0.6 is 22.8 Å². The van der Waals surface area contributed by atoms with Gasteiger partial charge in [-0.25, -0.2) is 14.4 Å². The first-order valence-electron chi connectivity index (χ1n) is 6.31. The zero-order chi connectivity index (χ0) is 18.6. The zero-order valence-electron chi connectivity index (χ0n) is 11.9.